The van der Waals surface area contributed by atoms with Crippen LogP contribution in [0.2, 0.25) is 0 Å². The highest BCUT2D eigenvalue weighted by molar-refractivity contribution is 5.79. The maximum Gasteiger partial charge on any atom is 0.306 e. The van der Waals surface area contributed by atoms with Crippen LogP contribution in [0.15, 0.2) is 11.6 Å². The van der Waals surface area contributed by atoms with Gasteiger partial charge in [-0.1, -0.05) is 109 Å². The molecule has 1 unspecified atom stereocenters. The molecule has 0 heterocycles. The molecule has 40 heavy (non-hydrogen) atoms. The van der Waals surface area contributed by atoms with Crippen LogP contribution in [0.4, 0.5) is 0 Å². The summed E-state index contributed by atoms with van der Waals surface area (Å²) < 4.78 is 6.04. The molecule has 3 nitrogen and oxygen atoms in total. The predicted octanol–water partition coefficient (Wildman–Crippen LogP) is 10.5. The lowest BCUT2D eigenvalue weighted by Crippen LogP contribution is -2.51. The fourth-order valence-electron chi connectivity index (χ4n) is 9.93. The van der Waals surface area contributed by atoms with Gasteiger partial charge in [-0.2, -0.15) is 0 Å². The van der Waals surface area contributed by atoms with E-state index in [9.17, 15) is 9.59 Å². The second kappa shape index (κ2) is 14.9. The van der Waals surface area contributed by atoms with E-state index in [-0.39, 0.29) is 28.8 Å². The number of hydrogen-bond donors (Lipinski definition) is 0. The Bertz CT molecular complexity index is 859. The highest BCUT2D eigenvalue weighted by atomic mass is 16.5. The lowest BCUT2D eigenvalue weighted by molar-refractivity contribution is -0.151. The van der Waals surface area contributed by atoms with Crippen LogP contribution in [0.1, 0.15) is 169 Å². The quantitative estimate of drug-likeness (QED) is 0.108. The van der Waals surface area contributed by atoms with E-state index in [1.165, 1.54) is 96.3 Å². The topological polar surface area (TPSA) is 43.4 Å². The Morgan fingerprint density at radius 3 is 2.05 bits per heavy atom. The number of fused-ring (bicyclic) bond motifs is 5. The monoisotopic (exact) mass is 554 g/mol. The van der Waals surface area contributed by atoms with Crippen LogP contribution in [0.5, 0.6) is 0 Å². The molecule has 7 atom stereocenters. The standard InChI is InChI=1S/C37H62O3/c1-5-6-7-8-9-10-11-12-13-14-15-16-17-18-35(39)40-30-23-25-36(3)29(27-30)19-20-31-33-22-21-32(28(2)38)37(33,4)26-24-34(31)36/h19,30-34H,5-18,20-27H2,1-4H3/t30?,31-,32+,33-,34-,36-,37+/m0/s1. The molecule has 0 aromatic rings. The van der Waals surface area contributed by atoms with E-state index in [2.05, 4.69) is 26.8 Å². The molecule has 0 spiro atoms. The molecule has 4 aliphatic rings. The molecule has 0 amide bonds. The molecule has 0 bridgehead atoms. The summed E-state index contributed by atoms with van der Waals surface area (Å²) in [5, 5.41) is 0. The number of rotatable bonds is 16. The Labute approximate surface area is 247 Å². The third-order valence-electron chi connectivity index (χ3n) is 12.3. The molecule has 4 rings (SSSR count). The lowest BCUT2D eigenvalue weighted by atomic mass is 9.47. The molecule has 0 N–H and O–H groups in total. The number of unbranched alkanes of at least 4 members (excludes halogenated alkanes) is 12. The molecule has 0 radical (unpaired) electrons. The van der Waals surface area contributed by atoms with Gasteiger partial charge in [0.25, 0.3) is 0 Å². The first-order valence-corrected chi connectivity index (χ1v) is 17.7. The van der Waals surface area contributed by atoms with Crippen molar-refractivity contribution in [3.8, 4) is 0 Å². The number of esters is 1. The van der Waals surface area contributed by atoms with Crippen molar-refractivity contribution in [2.45, 2.75) is 175 Å². The number of carbonyl (C=O) groups excluding carboxylic acids is 2. The predicted molar refractivity (Wildman–Crippen MR) is 166 cm³/mol. The average Bonchev–Trinajstić information content (AvgIpc) is 3.29. The molecule has 0 aromatic heterocycles. The Kier molecular flexibility index (Phi) is 11.8. The van der Waals surface area contributed by atoms with Gasteiger partial charge in [0.1, 0.15) is 11.9 Å². The highest BCUT2D eigenvalue weighted by Crippen LogP contribution is 2.66. The van der Waals surface area contributed by atoms with Gasteiger partial charge in [0, 0.05) is 18.8 Å². The number of allylic oxidation sites excluding steroid dienone is 1. The van der Waals surface area contributed by atoms with Crippen LogP contribution in [-0.4, -0.2) is 17.9 Å². The van der Waals surface area contributed by atoms with Crippen molar-refractivity contribution in [1.29, 1.82) is 0 Å². The van der Waals surface area contributed by atoms with Gasteiger partial charge in [0.15, 0.2) is 0 Å². The highest BCUT2D eigenvalue weighted by Gasteiger charge is 2.59. The van der Waals surface area contributed by atoms with Gasteiger partial charge in [-0.25, -0.2) is 0 Å². The number of carbonyl (C=O) groups is 2. The van der Waals surface area contributed by atoms with Crippen molar-refractivity contribution in [2.75, 3.05) is 0 Å². The van der Waals surface area contributed by atoms with Crippen molar-refractivity contribution in [3.63, 3.8) is 0 Å². The van der Waals surface area contributed by atoms with Crippen molar-refractivity contribution < 1.29 is 14.3 Å². The molecule has 4 aliphatic carbocycles. The first-order valence-electron chi connectivity index (χ1n) is 17.7. The molecule has 0 aromatic carbocycles. The Balaban J connectivity index is 1.12. The fraction of sp³-hybridized carbons (Fsp3) is 0.892. The van der Waals surface area contributed by atoms with Crippen molar-refractivity contribution in [2.24, 2.45) is 34.5 Å². The molecule has 3 fully saturated rings. The summed E-state index contributed by atoms with van der Waals surface area (Å²) in [4.78, 5) is 25.1. The van der Waals surface area contributed by atoms with E-state index < -0.39 is 0 Å². The second-order valence-electron chi connectivity index (χ2n) is 14.9. The Hall–Kier alpha value is -1.12. The maximum absolute atomic E-state index is 12.7. The molecule has 228 valence electrons. The van der Waals surface area contributed by atoms with Crippen LogP contribution < -0.4 is 0 Å². The van der Waals surface area contributed by atoms with Gasteiger partial charge >= 0.3 is 5.97 Å². The van der Waals surface area contributed by atoms with Crippen molar-refractivity contribution in [1.82, 2.24) is 0 Å². The van der Waals surface area contributed by atoms with Gasteiger partial charge in [-0.3, -0.25) is 9.59 Å². The summed E-state index contributed by atoms with van der Waals surface area (Å²) in [5.41, 5.74) is 2.05. The third kappa shape index (κ3) is 7.44. The van der Waals surface area contributed by atoms with E-state index in [0.717, 1.165) is 50.4 Å². The number of ether oxygens (including phenoxy) is 1. The van der Waals surface area contributed by atoms with Gasteiger partial charge in [0.2, 0.25) is 0 Å². The Morgan fingerprint density at radius 2 is 1.43 bits per heavy atom. The van der Waals surface area contributed by atoms with E-state index in [0.29, 0.717) is 18.1 Å². The largest absolute Gasteiger partial charge is 0.462 e. The summed E-state index contributed by atoms with van der Waals surface area (Å²) in [6.45, 7) is 9.06. The summed E-state index contributed by atoms with van der Waals surface area (Å²) in [6, 6.07) is 0. The molecular formula is C37H62O3. The van der Waals surface area contributed by atoms with Crippen LogP contribution >= 0.6 is 0 Å². The summed E-state index contributed by atoms with van der Waals surface area (Å²) in [7, 11) is 0. The first kappa shape index (κ1) is 31.8. The minimum atomic E-state index is 0.0284. The van der Waals surface area contributed by atoms with Gasteiger partial charge < -0.3 is 4.74 Å². The number of hydrogen-bond acceptors (Lipinski definition) is 3. The summed E-state index contributed by atoms with van der Waals surface area (Å²) in [5.74, 6) is 2.89. The lowest BCUT2D eigenvalue weighted by Gasteiger charge is -2.58. The van der Waals surface area contributed by atoms with E-state index in [4.69, 9.17) is 4.74 Å². The van der Waals surface area contributed by atoms with Crippen LogP contribution in [0, 0.1) is 34.5 Å². The summed E-state index contributed by atoms with van der Waals surface area (Å²) in [6.07, 6.45) is 29.6. The number of ketones is 1. The number of Topliss-reactive ketones (excluding diaryl/α,β-unsaturated/α-hetero) is 1. The SMILES string of the molecule is CCCCCCCCCCCCCCCC(=O)OC1CC[C@@]2(C)C(=CC[C@H]3[C@@H]4CC[C@H](C(C)=O)[C@@]4(C)CC[C@@H]32)C1. The molecule has 0 aliphatic heterocycles. The molecule has 0 saturated heterocycles. The van der Waals surface area contributed by atoms with E-state index in [1.54, 1.807) is 5.57 Å². The van der Waals surface area contributed by atoms with Gasteiger partial charge in [-0.15, -0.1) is 0 Å². The summed E-state index contributed by atoms with van der Waals surface area (Å²) >= 11 is 0. The first-order chi connectivity index (χ1) is 19.3. The van der Waals surface area contributed by atoms with E-state index in [1.807, 2.05) is 6.92 Å². The molecular weight excluding hydrogens is 492 g/mol. The molecule has 3 heteroatoms. The maximum atomic E-state index is 12.7. The zero-order valence-electron chi connectivity index (χ0n) is 26.7. The van der Waals surface area contributed by atoms with Crippen LogP contribution in [-0.2, 0) is 14.3 Å². The zero-order valence-corrected chi connectivity index (χ0v) is 26.7. The fourth-order valence-corrected chi connectivity index (χ4v) is 9.93. The van der Waals surface area contributed by atoms with Crippen LogP contribution in [0.3, 0.4) is 0 Å². The van der Waals surface area contributed by atoms with Crippen LogP contribution in [0.25, 0.3) is 0 Å². The zero-order chi connectivity index (χ0) is 28.6. The normalized spacial score (nSPS) is 34.9. The van der Waals surface area contributed by atoms with Crippen molar-refractivity contribution >= 4 is 11.8 Å². The third-order valence-corrected chi connectivity index (χ3v) is 12.3. The second-order valence-corrected chi connectivity index (χ2v) is 14.9. The minimum absolute atomic E-state index is 0.0284. The average molecular weight is 555 g/mol. The van der Waals surface area contributed by atoms with E-state index >= 15 is 0 Å². The minimum Gasteiger partial charge on any atom is -0.462 e. The van der Waals surface area contributed by atoms with Crippen molar-refractivity contribution in [3.05, 3.63) is 11.6 Å². The van der Waals surface area contributed by atoms with Gasteiger partial charge in [0.05, 0.1) is 0 Å². The van der Waals surface area contributed by atoms with Gasteiger partial charge in [-0.05, 0) is 86.9 Å². The smallest absolute Gasteiger partial charge is 0.306 e. The Morgan fingerprint density at radius 1 is 0.800 bits per heavy atom. The molecule has 3 saturated carbocycles.